The number of nitrogens with zero attached hydrogens (tertiary/aromatic N) is 2. The van der Waals surface area contributed by atoms with Crippen LogP contribution >= 0.6 is 46.5 Å². The number of aromatic nitrogens is 2. The fraction of sp³-hybridized carbons (Fsp3) is 0.412. The monoisotopic (exact) mass is 476 g/mol. The van der Waals surface area contributed by atoms with Crippen LogP contribution in [0.2, 0.25) is 5.02 Å². The summed E-state index contributed by atoms with van der Waals surface area (Å²) in [6.45, 7) is 2.66. The summed E-state index contributed by atoms with van der Waals surface area (Å²) in [5.41, 5.74) is 0.454. The number of anilines is 1. The molecule has 29 heavy (non-hydrogen) atoms. The minimum Gasteiger partial charge on any atom is -0.495 e. The van der Waals surface area contributed by atoms with Gasteiger partial charge >= 0.3 is 0 Å². The molecule has 1 heterocycles. The number of methoxy groups -OCH3 is 2. The van der Waals surface area contributed by atoms with Crippen LogP contribution in [0, 0.1) is 0 Å². The number of hydrogen-bond donors (Lipinski definition) is 2. The molecule has 0 bridgehead atoms. The van der Waals surface area contributed by atoms with Gasteiger partial charge in [-0.2, -0.15) is 0 Å². The van der Waals surface area contributed by atoms with E-state index >= 15 is 0 Å². The second-order valence-electron chi connectivity index (χ2n) is 5.50. The van der Waals surface area contributed by atoms with Crippen molar-refractivity contribution in [1.82, 2.24) is 15.5 Å². The lowest BCUT2D eigenvalue weighted by atomic mass is 10.2. The molecule has 0 aliphatic heterocycles. The zero-order valence-corrected chi connectivity index (χ0v) is 19.3. The highest BCUT2D eigenvalue weighted by molar-refractivity contribution is 8.03. The van der Waals surface area contributed by atoms with Crippen molar-refractivity contribution in [2.24, 2.45) is 0 Å². The molecule has 0 unspecified atom stereocenters. The second kappa shape index (κ2) is 12.1. The van der Waals surface area contributed by atoms with Crippen LogP contribution in [0.15, 0.2) is 20.8 Å². The van der Waals surface area contributed by atoms with Crippen LogP contribution in [-0.4, -0.2) is 54.3 Å². The third-order valence-corrected chi connectivity index (χ3v) is 6.85. The van der Waals surface area contributed by atoms with Gasteiger partial charge in [0.2, 0.25) is 11.8 Å². The van der Waals surface area contributed by atoms with Gasteiger partial charge in [-0.05, 0) is 12.5 Å². The third kappa shape index (κ3) is 7.57. The maximum atomic E-state index is 12.3. The van der Waals surface area contributed by atoms with Crippen LogP contribution in [-0.2, 0) is 9.59 Å². The number of ether oxygens (including phenoxy) is 2. The summed E-state index contributed by atoms with van der Waals surface area (Å²) in [5, 5.41) is 14.0. The molecule has 12 heteroatoms. The standard InChI is InChI=1S/C17H21ClN4O4S3/c1-4-5-19-14(23)8-27-16-21-22-17(29-16)28-9-15(24)20-11-6-10(18)12(25-2)7-13(11)26-3/h6-7H,4-5,8-9H2,1-3H3,(H,19,23)(H,20,24). The zero-order chi connectivity index (χ0) is 21.2. The van der Waals surface area contributed by atoms with Crippen molar-refractivity contribution in [2.45, 2.75) is 22.0 Å². The average molecular weight is 477 g/mol. The Morgan fingerprint density at radius 3 is 2.28 bits per heavy atom. The van der Waals surface area contributed by atoms with E-state index in [1.165, 1.54) is 49.1 Å². The van der Waals surface area contributed by atoms with Crippen LogP contribution in [0.5, 0.6) is 11.5 Å². The van der Waals surface area contributed by atoms with Gasteiger partial charge in [-0.15, -0.1) is 10.2 Å². The van der Waals surface area contributed by atoms with Crippen molar-refractivity contribution in [3.63, 3.8) is 0 Å². The van der Waals surface area contributed by atoms with Gasteiger partial charge in [-0.25, -0.2) is 0 Å². The minimum atomic E-state index is -0.238. The van der Waals surface area contributed by atoms with Gasteiger partial charge in [0, 0.05) is 12.6 Å². The molecule has 1 aromatic carbocycles. The highest BCUT2D eigenvalue weighted by Crippen LogP contribution is 2.36. The van der Waals surface area contributed by atoms with E-state index in [1.54, 1.807) is 12.1 Å². The summed E-state index contributed by atoms with van der Waals surface area (Å²) in [4.78, 5) is 23.9. The smallest absolute Gasteiger partial charge is 0.234 e. The first-order valence-corrected chi connectivity index (χ1v) is 11.7. The molecule has 0 saturated carbocycles. The number of amides is 2. The Kier molecular flexibility index (Phi) is 9.85. The molecule has 0 radical (unpaired) electrons. The van der Waals surface area contributed by atoms with Crippen molar-refractivity contribution in [3.05, 3.63) is 17.2 Å². The van der Waals surface area contributed by atoms with Gasteiger partial charge in [0.25, 0.3) is 0 Å². The number of carbonyl (C=O) groups is 2. The van der Waals surface area contributed by atoms with Crippen molar-refractivity contribution >= 4 is 64.0 Å². The number of halogens is 1. The van der Waals surface area contributed by atoms with E-state index in [0.717, 1.165) is 6.42 Å². The SMILES string of the molecule is CCCNC(=O)CSc1nnc(SCC(=O)Nc2cc(Cl)c(OC)cc2OC)s1. The van der Waals surface area contributed by atoms with Crippen molar-refractivity contribution in [3.8, 4) is 11.5 Å². The van der Waals surface area contributed by atoms with Crippen molar-refractivity contribution in [1.29, 1.82) is 0 Å². The molecule has 2 amide bonds. The predicted molar refractivity (Wildman–Crippen MR) is 118 cm³/mol. The molecule has 2 aromatic rings. The Morgan fingerprint density at radius 2 is 1.69 bits per heavy atom. The Balaban J connectivity index is 1.85. The molecule has 0 saturated heterocycles. The maximum Gasteiger partial charge on any atom is 0.234 e. The summed E-state index contributed by atoms with van der Waals surface area (Å²) in [7, 11) is 3.00. The lowest BCUT2D eigenvalue weighted by Crippen LogP contribution is -2.25. The Morgan fingerprint density at radius 1 is 1.07 bits per heavy atom. The molecule has 0 spiro atoms. The van der Waals surface area contributed by atoms with Crippen molar-refractivity contribution in [2.75, 3.05) is 37.6 Å². The fourth-order valence-electron chi connectivity index (χ4n) is 2.03. The van der Waals surface area contributed by atoms with Gasteiger partial charge in [-0.3, -0.25) is 9.59 Å². The number of thioether (sulfide) groups is 2. The van der Waals surface area contributed by atoms with Gasteiger partial charge < -0.3 is 20.1 Å². The van der Waals surface area contributed by atoms with Crippen LogP contribution in [0.25, 0.3) is 0 Å². The van der Waals surface area contributed by atoms with E-state index in [-0.39, 0.29) is 23.3 Å². The summed E-state index contributed by atoms with van der Waals surface area (Å²) in [6, 6.07) is 3.18. The third-order valence-electron chi connectivity index (χ3n) is 3.36. The lowest BCUT2D eigenvalue weighted by molar-refractivity contribution is -0.118. The highest BCUT2D eigenvalue weighted by Gasteiger charge is 2.14. The van der Waals surface area contributed by atoms with E-state index in [2.05, 4.69) is 20.8 Å². The van der Waals surface area contributed by atoms with Crippen LogP contribution in [0.1, 0.15) is 13.3 Å². The highest BCUT2D eigenvalue weighted by atomic mass is 35.5. The first-order chi connectivity index (χ1) is 14.0. The largest absolute Gasteiger partial charge is 0.495 e. The van der Waals surface area contributed by atoms with E-state index in [0.29, 0.717) is 37.4 Å². The van der Waals surface area contributed by atoms with E-state index in [1.807, 2.05) is 6.92 Å². The topological polar surface area (TPSA) is 102 Å². The quantitative estimate of drug-likeness (QED) is 0.474. The lowest BCUT2D eigenvalue weighted by Gasteiger charge is -2.12. The maximum absolute atomic E-state index is 12.3. The summed E-state index contributed by atoms with van der Waals surface area (Å²) < 4.78 is 11.7. The van der Waals surface area contributed by atoms with E-state index < -0.39 is 0 Å². The van der Waals surface area contributed by atoms with Crippen LogP contribution < -0.4 is 20.1 Å². The molecule has 0 fully saturated rings. The Hall–Kier alpha value is -1.69. The minimum absolute atomic E-state index is 0.0345. The van der Waals surface area contributed by atoms with Crippen LogP contribution in [0.4, 0.5) is 5.69 Å². The molecular formula is C17H21ClN4O4S3. The van der Waals surface area contributed by atoms with Gasteiger partial charge in [0.1, 0.15) is 11.5 Å². The molecule has 1 aromatic heterocycles. The van der Waals surface area contributed by atoms with Crippen LogP contribution in [0.3, 0.4) is 0 Å². The summed E-state index contributed by atoms with van der Waals surface area (Å²) in [5.74, 6) is 1.06. The molecule has 0 aliphatic rings. The number of nitrogens with one attached hydrogen (secondary N) is 2. The van der Waals surface area contributed by atoms with Crippen molar-refractivity contribution < 1.29 is 19.1 Å². The number of benzene rings is 1. The molecule has 0 aliphatic carbocycles. The zero-order valence-electron chi connectivity index (χ0n) is 16.1. The molecule has 158 valence electrons. The molecule has 0 atom stereocenters. The van der Waals surface area contributed by atoms with Gasteiger partial charge in [0.05, 0.1) is 36.4 Å². The summed E-state index contributed by atoms with van der Waals surface area (Å²) >= 11 is 10.0. The first-order valence-electron chi connectivity index (χ1n) is 8.54. The van der Waals surface area contributed by atoms with E-state index in [9.17, 15) is 9.59 Å². The molecule has 8 nitrogen and oxygen atoms in total. The molecular weight excluding hydrogens is 456 g/mol. The number of carbonyl (C=O) groups excluding carboxylic acids is 2. The van der Waals surface area contributed by atoms with E-state index in [4.69, 9.17) is 21.1 Å². The second-order valence-corrected chi connectivity index (χ2v) is 9.33. The number of hydrogen-bond acceptors (Lipinski definition) is 9. The van der Waals surface area contributed by atoms with Gasteiger partial charge in [-0.1, -0.05) is 53.4 Å². The number of rotatable bonds is 11. The average Bonchev–Trinajstić information content (AvgIpc) is 3.17. The van der Waals surface area contributed by atoms with Gasteiger partial charge in [0.15, 0.2) is 8.68 Å². The predicted octanol–water partition coefficient (Wildman–Crippen LogP) is 3.56. The molecule has 2 N–H and O–H groups in total. The Bertz CT molecular complexity index is 850. The molecule has 2 rings (SSSR count). The first kappa shape index (κ1) is 23.6. The fourth-order valence-corrected chi connectivity index (χ4v) is 4.92. The Labute approximate surface area is 186 Å². The summed E-state index contributed by atoms with van der Waals surface area (Å²) in [6.07, 6.45) is 0.896. The normalized spacial score (nSPS) is 10.5.